The summed E-state index contributed by atoms with van der Waals surface area (Å²) in [7, 11) is 0. The Balaban J connectivity index is 1.50. The van der Waals surface area contributed by atoms with Crippen LogP contribution >= 0.6 is 11.8 Å². The van der Waals surface area contributed by atoms with Gasteiger partial charge in [-0.15, -0.1) is 11.8 Å². The van der Waals surface area contributed by atoms with E-state index in [1.165, 1.54) is 4.90 Å². The largest absolute Gasteiger partial charge is 0.477 e. The molecule has 4 N–H and O–H groups in total. The SMILES string of the molecule is C[C@@H](O)[C@H]1C(=O)N2C(C(=O)O)=C(S[C@@H]3CN[C@H]([C@H]4CNOC4)C3)[C@H](C)[C@H]12. The first-order valence-electron chi connectivity index (χ1n) is 9.13. The molecule has 0 bridgehead atoms. The van der Waals surface area contributed by atoms with Crippen LogP contribution in [0.1, 0.15) is 20.3 Å². The number of carboxylic acids is 1. The van der Waals surface area contributed by atoms with Gasteiger partial charge in [-0.1, -0.05) is 6.92 Å². The highest BCUT2D eigenvalue weighted by molar-refractivity contribution is 8.03. The van der Waals surface area contributed by atoms with Gasteiger partial charge >= 0.3 is 5.97 Å². The van der Waals surface area contributed by atoms with Gasteiger partial charge in [0.25, 0.3) is 0 Å². The molecule has 4 aliphatic rings. The maximum Gasteiger partial charge on any atom is 0.353 e. The number of carbonyl (C=O) groups is 2. The number of carbonyl (C=O) groups excluding carboxylic acids is 1. The van der Waals surface area contributed by atoms with E-state index < -0.39 is 18.0 Å². The maximum atomic E-state index is 12.4. The van der Waals surface area contributed by atoms with Crippen molar-refractivity contribution in [1.82, 2.24) is 15.7 Å². The number of hydroxylamine groups is 1. The summed E-state index contributed by atoms with van der Waals surface area (Å²) in [6, 6.07) is 0.116. The molecule has 4 aliphatic heterocycles. The number of aliphatic carboxylic acids is 1. The zero-order valence-electron chi connectivity index (χ0n) is 14.8. The Labute approximate surface area is 156 Å². The molecule has 8 nitrogen and oxygen atoms in total. The molecule has 144 valence electrons. The normalized spacial score (nSPS) is 40.7. The van der Waals surface area contributed by atoms with E-state index in [0.29, 0.717) is 18.6 Å². The molecular formula is C17H25N3O5S. The number of aliphatic hydroxyl groups excluding tert-OH is 1. The van der Waals surface area contributed by atoms with Crippen molar-refractivity contribution in [2.24, 2.45) is 17.8 Å². The Kier molecular flexibility index (Phi) is 4.77. The first kappa shape index (κ1) is 18.2. The van der Waals surface area contributed by atoms with Crippen LogP contribution in [0.15, 0.2) is 10.6 Å². The van der Waals surface area contributed by atoms with Gasteiger partial charge in [-0.3, -0.25) is 4.79 Å². The number of thioether (sulfide) groups is 1. The van der Waals surface area contributed by atoms with E-state index in [0.717, 1.165) is 24.4 Å². The highest BCUT2D eigenvalue weighted by atomic mass is 32.2. The van der Waals surface area contributed by atoms with Gasteiger partial charge in [0.2, 0.25) is 5.91 Å². The van der Waals surface area contributed by atoms with Crippen molar-refractivity contribution < 1.29 is 24.6 Å². The van der Waals surface area contributed by atoms with Crippen LogP contribution in [0, 0.1) is 17.8 Å². The summed E-state index contributed by atoms with van der Waals surface area (Å²) in [5.74, 6) is -1.49. The minimum atomic E-state index is -1.06. The summed E-state index contributed by atoms with van der Waals surface area (Å²) in [6.07, 6.45) is 0.181. The van der Waals surface area contributed by atoms with Crippen LogP contribution in [-0.2, 0) is 14.4 Å². The number of nitrogens with zero attached hydrogens (tertiary/aromatic N) is 1. The number of hydrogen-bond acceptors (Lipinski definition) is 7. The second-order valence-corrected chi connectivity index (χ2v) is 9.02. The van der Waals surface area contributed by atoms with Crippen molar-refractivity contribution in [3.05, 3.63) is 10.6 Å². The smallest absolute Gasteiger partial charge is 0.353 e. The topological polar surface area (TPSA) is 111 Å². The lowest BCUT2D eigenvalue weighted by Crippen LogP contribution is -2.63. The standard InChI is InChI=1S/C17H25N3O5S/c1-7-13-12(8(2)21)16(22)20(13)14(17(23)24)15(7)26-10-3-11(18-5-10)9-4-19-25-6-9/h7-13,18-19,21H,3-6H2,1-2H3,(H,23,24)/t7-,8-,9+,10+,11+,12-,13-/m1/s1. The molecule has 0 unspecified atom stereocenters. The quantitative estimate of drug-likeness (QED) is 0.481. The molecule has 0 aromatic carbocycles. The van der Waals surface area contributed by atoms with Gasteiger partial charge in [0.1, 0.15) is 5.70 Å². The zero-order chi connectivity index (χ0) is 18.6. The van der Waals surface area contributed by atoms with Crippen LogP contribution in [0.3, 0.4) is 0 Å². The second-order valence-electron chi connectivity index (χ2n) is 7.68. The lowest BCUT2D eigenvalue weighted by molar-refractivity contribution is -0.163. The summed E-state index contributed by atoms with van der Waals surface area (Å²) >= 11 is 1.58. The highest BCUT2D eigenvalue weighted by Gasteiger charge is 2.60. The van der Waals surface area contributed by atoms with Crippen molar-refractivity contribution in [2.45, 2.75) is 43.7 Å². The molecule has 0 radical (unpaired) electrons. The number of aliphatic hydroxyl groups is 1. The van der Waals surface area contributed by atoms with E-state index in [9.17, 15) is 19.8 Å². The molecule has 3 saturated heterocycles. The molecule has 0 spiro atoms. The molecule has 1 amide bonds. The molecule has 0 aliphatic carbocycles. The van der Waals surface area contributed by atoms with Gasteiger partial charge in [0.15, 0.2) is 0 Å². The summed E-state index contributed by atoms with van der Waals surface area (Å²) in [5, 5.41) is 23.4. The predicted molar refractivity (Wildman–Crippen MR) is 94.9 cm³/mol. The molecule has 4 rings (SSSR count). The first-order chi connectivity index (χ1) is 12.4. The average Bonchev–Trinajstić information content (AvgIpc) is 3.28. The van der Waals surface area contributed by atoms with E-state index in [1.54, 1.807) is 18.7 Å². The average molecular weight is 383 g/mol. The Morgan fingerprint density at radius 3 is 2.81 bits per heavy atom. The predicted octanol–water partition coefficient (Wildman–Crippen LogP) is -0.245. The fourth-order valence-electron chi connectivity index (χ4n) is 4.69. The molecule has 4 heterocycles. The third-order valence-electron chi connectivity index (χ3n) is 6.04. The van der Waals surface area contributed by atoms with Crippen LogP contribution in [0.2, 0.25) is 0 Å². The Bertz CT molecular complexity index is 648. The third-order valence-corrected chi connectivity index (χ3v) is 7.55. The number of fused-ring (bicyclic) bond motifs is 1. The second kappa shape index (κ2) is 6.79. The first-order valence-corrected chi connectivity index (χ1v) is 10.0. The Morgan fingerprint density at radius 1 is 1.42 bits per heavy atom. The molecule has 0 aromatic rings. The van der Waals surface area contributed by atoms with Crippen molar-refractivity contribution in [1.29, 1.82) is 0 Å². The van der Waals surface area contributed by atoms with E-state index in [2.05, 4.69) is 10.8 Å². The van der Waals surface area contributed by atoms with Gasteiger partial charge in [0.05, 0.1) is 24.7 Å². The lowest BCUT2D eigenvalue weighted by atomic mass is 9.79. The molecular weight excluding hydrogens is 358 g/mol. The molecule has 0 aromatic heterocycles. The molecule has 0 saturated carbocycles. The monoisotopic (exact) mass is 383 g/mol. The van der Waals surface area contributed by atoms with Crippen molar-refractivity contribution in [3.63, 3.8) is 0 Å². The Morgan fingerprint density at radius 2 is 2.19 bits per heavy atom. The van der Waals surface area contributed by atoms with Gasteiger partial charge in [-0.05, 0) is 13.3 Å². The van der Waals surface area contributed by atoms with Gasteiger partial charge in [0, 0.05) is 41.1 Å². The fraction of sp³-hybridized carbons (Fsp3) is 0.765. The molecule has 3 fully saturated rings. The van der Waals surface area contributed by atoms with E-state index >= 15 is 0 Å². The minimum Gasteiger partial charge on any atom is -0.477 e. The van der Waals surface area contributed by atoms with Gasteiger partial charge < -0.3 is 25.3 Å². The van der Waals surface area contributed by atoms with Crippen molar-refractivity contribution >= 4 is 23.6 Å². The minimum absolute atomic E-state index is 0.0704. The van der Waals surface area contributed by atoms with Crippen LogP contribution in [0.5, 0.6) is 0 Å². The number of nitrogens with one attached hydrogen (secondary N) is 2. The van der Waals surface area contributed by atoms with E-state index in [-0.39, 0.29) is 28.8 Å². The maximum absolute atomic E-state index is 12.4. The highest BCUT2D eigenvalue weighted by Crippen LogP contribution is 2.51. The van der Waals surface area contributed by atoms with Gasteiger partial charge in [-0.2, -0.15) is 0 Å². The molecule has 7 atom stereocenters. The summed E-state index contributed by atoms with van der Waals surface area (Å²) in [5.41, 5.74) is 3.02. The van der Waals surface area contributed by atoms with Gasteiger partial charge in [-0.25, -0.2) is 10.3 Å². The summed E-state index contributed by atoms with van der Waals surface area (Å²) < 4.78 is 0. The Hall–Kier alpha value is -1.13. The van der Waals surface area contributed by atoms with E-state index in [4.69, 9.17) is 4.84 Å². The lowest BCUT2D eigenvalue weighted by Gasteiger charge is -2.46. The summed E-state index contributed by atoms with van der Waals surface area (Å²) in [6.45, 7) is 5.89. The summed E-state index contributed by atoms with van der Waals surface area (Å²) in [4.78, 5) is 31.6. The number of hydrogen-bond donors (Lipinski definition) is 4. The zero-order valence-corrected chi connectivity index (χ0v) is 15.7. The van der Waals surface area contributed by atoms with Crippen molar-refractivity contribution in [2.75, 3.05) is 19.7 Å². The van der Waals surface area contributed by atoms with E-state index in [1.807, 2.05) is 6.92 Å². The number of carboxylic acid groups (broad SMARTS) is 1. The molecule has 9 heteroatoms. The number of β-lactam (4-membered cyclic amide) rings is 1. The molecule has 26 heavy (non-hydrogen) atoms. The van der Waals surface area contributed by atoms with Crippen molar-refractivity contribution in [3.8, 4) is 0 Å². The fourth-order valence-corrected chi connectivity index (χ4v) is 6.18. The number of rotatable bonds is 5. The van der Waals surface area contributed by atoms with Crippen LogP contribution < -0.4 is 10.8 Å². The number of amides is 1. The van der Waals surface area contributed by atoms with Crippen LogP contribution in [-0.4, -0.2) is 70.1 Å². The van der Waals surface area contributed by atoms with Crippen LogP contribution in [0.4, 0.5) is 0 Å². The van der Waals surface area contributed by atoms with Crippen LogP contribution in [0.25, 0.3) is 0 Å². The third kappa shape index (κ3) is 2.77.